The van der Waals surface area contributed by atoms with E-state index in [1.165, 1.54) is 30.3 Å². The van der Waals surface area contributed by atoms with Crippen LogP contribution in [0.3, 0.4) is 0 Å². The van der Waals surface area contributed by atoms with Crippen LogP contribution in [-0.4, -0.2) is 11.0 Å². The van der Waals surface area contributed by atoms with E-state index in [9.17, 15) is 9.18 Å². The first-order valence-electron chi connectivity index (χ1n) is 6.45. The second-order valence-electron chi connectivity index (χ2n) is 4.45. The number of carbonyl (C=O) groups excluding carboxylic acids is 1. The van der Waals surface area contributed by atoms with Gasteiger partial charge < -0.3 is 5.32 Å². The standard InChI is InChI=1S/C16H11Cl2FN2OS/c17-11-3-1-10(14(18)9-11)2-8-15(22)21-16(23)20-13-6-4-12(19)5-7-13/h1-9H,(H2,20,21,22,23)/b8-2+. The lowest BCUT2D eigenvalue weighted by molar-refractivity contribution is -0.115. The molecular weight excluding hydrogens is 358 g/mol. The highest BCUT2D eigenvalue weighted by Crippen LogP contribution is 2.21. The number of hydrogen-bond acceptors (Lipinski definition) is 2. The van der Waals surface area contributed by atoms with E-state index in [0.717, 1.165) is 0 Å². The summed E-state index contributed by atoms with van der Waals surface area (Å²) >= 11 is 16.8. The average molecular weight is 369 g/mol. The molecule has 0 saturated carbocycles. The van der Waals surface area contributed by atoms with E-state index in [0.29, 0.717) is 21.3 Å². The van der Waals surface area contributed by atoms with Gasteiger partial charge in [-0.05, 0) is 60.3 Å². The molecule has 3 nitrogen and oxygen atoms in total. The smallest absolute Gasteiger partial charge is 0.250 e. The summed E-state index contributed by atoms with van der Waals surface area (Å²) in [6.45, 7) is 0. The number of amides is 1. The summed E-state index contributed by atoms with van der Waals surface area (Å²) in [6, 6.07) is 10.6. The fourth-order valence-corrected chi connectivity index (χ4v) is 2.34. The van der Waals surface area contributed by atoms with Crippen molar-refractivity contribution in [3.05, 3.63) is 70.0 Å². The summed E-state index contributed by atoms with van der Waals surface area (Å²) in [7, 11) is 0. The van der Waals surface area contributed by atoms with Crippen LogP contribution in [0.1, 0.15) is 5.56 Å². The number of nitrogens with one attached hydrogen (secondary N) is 2. The van der Waals surface area contributed by atoms with Crippen molar-refractivity contribution in [1.82, 2.24) is 5.32 Å². The van der Waals surface area contributed by atoms with Crippen LogP contribution in [0.5, 0.6) is 0 Å². The third-order valence-electron chi connectivity index (χ3n) is 2.72. The van der Waals surface area contributed by atoms with Crippen LogP contribution in [0.4, 0.5) is 10.1 Å². The molecule has 0 bridgehead atoms. The van der Waals surface area contributed by atoms with Gasteiger partial charge in [-0.15, -0.1) is 0 Å². The highest BCUT2D eigenvalue weighted by Gasteiger charge is 2.03. The first kappa shape index (κ1) is 17.4. The number of anilines is 1. The summed E-state index contributed by atoms with van der Waals surface area (Å²) in [4.78, 5) is 11.8. The summed E-state index contributed by atoms with van der Waals surface area (Å²) < 4.78 is 12.8. The van der Waals surface area contributed by atoms with Gasteiger partial charge in [0.1, 0.15) is 5.82 Å². The van der Waals surface area contributed by atoms with Crippen molar-refractivity contribution < 1.29 is 9.18 Å². The van der Waals surface area contributed by atoms with Crippen LogP contribution in [0.15, 0.2) is 48.5 Å². The number of halogens is 3. The Labute approximate surface area is 148 Å². The van der Waals surface area contributed by atoms with Crippen molar-refractivity contribution in [1.29, 1.82) is 0 Å². The third kappa shape index (κ3) is 5.63. The lowest BCUT2D eigenvalue weighted by Gasteiger charge is -2.07. The molecule has 0 fully saturated rings. The first-order valence-corrected chi connectivity index (χ1v) is 7.61. The molecule has 2 aromatic rings. The van der Waals surface area contributed by atoms with Gasteiger partial charge in [0.2, 0.25) is 5.91 Å². The molecule has 0 aliphatic heterocycles. The molecule has 1 amide bonds. The van der Waals surface area contributed by atoms with Gasteiger partial charge in [0, 0.05) is 21.8 Å². The molecule has 0 aliphatic carbocycles. The molecule has 0 aliphatic rings. The van der Waals surface area contributed by atoms with E-state index >= 15 is 0 Å². The van der Waals surface area contributed by atoms with E-state index in [2.05, 4.69) is 10.6 Å². The molecule has 23 heavy (non-hydrogen) atoms. The van der Waals surface area contributed by atoms with Gasteiger partial charge in [0.25, 0.3) is 0 Å². The van der Waals surface area contributed by atoms with Crippen LogP contribution >= 0.6 is 35.4 Å². The van der Waals surface area contributed by atoms with E-state index < -0.39 is 5.91 Å². The second-order valence-corrected chi connectivity index (χ2v) is 5.70. The molecule has 2 aromatic carbocycles. The van der Waals surface area contributed by atoms with Gasteiger partial charge in [0.15, 0.2) is 5.11 Å². The zero-order valence-electron chi connectivity index (χ0n) is 11.6. The number of rotatable bonds is 3. The molecule has 0 atom stereocenters. The van der Waals surface area contributed by atoms with Crippen LogP contribution in [0, 0.1) is 5.82 Å². The average Bonchev–Trinajstić information content (AvgIpc) is 2.48. The Bertz CT molecular complexity index is 763. The summed E-state index contributed by atoms with van der Waals surface area (Å²) in [5, 5.41) is 6.31. The van der Waals surface area contributed by atoms with Gasteiger partial charge in [-0.3, -0.25) is 10.1 Å². The van der Waals surface area contributed by atoms with Crippen molar-refractivity contribution in [3.8, 4) is 0 Å². The number of carbonyl (C=O) groups is 1. The zero-order valence-corrected chi connectivity index (χ0v) is 14.0. The number of benzene rings is 2. The number of hydrogen-bond donors (Lipinski definition) is 2. The van der Waals surface area contributed by atoms with Crippen molar-refractivity contribution in [2.24, 2.45) is 0 Å². The molecule has 0 heterocycles. The molecule has 2 N–H and O–H groups in total. The second kappa shape index (κ2) is 8.06. The molecule has 2 rings (SSSR count). The minimum Gasteiger partial charge on any atom is -0.332 e. The number of thiocarbonyl (C=S) groups is 1. The molecule has 7 heteroatoms. The minimum atomic E-state index is -0.421. The first-order chi connectivity index (χ1) is 10.9. The highest BCUT2D eigenvalue weighted by molar-refractivity contribution is 7.80. The molecule has 0 saturated heterocycles. The van der Waals surface area contributed by atoms with Crippen LogP contribution in [0.2, 0.25) is 10.0 Å². The topological polar surface area (TPSA) is 41.1 Å². The van der Waals surface area contributed by atoms with Gasteiger partial charge >= 0.3 is 0 Å². The maximum Gasteiger partial charge on any atom is 0.250 e. The van der Waals surface area contributed by atoms with Gasteiger partial charge in [-0.25, -0.2) is 4.39 Å². The van der Waals surface area contributed by atoms with Crippen molar-refractivity contribution in [2.45, 2.75) is 0 Å². The predicted octanol–water partition coefficient (Wildman–Crippen LogP) is 4.66. The Morgan fingerprint density at radius 2 is 1.83 bits per heavy atom. The Morgan fingerprint density at radius 1 is 1.13 bits per heavy atom. The van der Waals surface area contributed by atoms with Gasteiger partial charge in [-0.2, -0.15) is 0 Å². The van der Waals surface area contributed by atoms with Crippen molar-refractivity contribution in [3.63, 3.8) is 0 Å². The lowest BCUT2D eigenvalue weighted by atomic mass is 10.2. The van der Waals surface area contributed by atoms with E-state index in [1.807, 2.05) is 0 Å². The maximum absolute atomic E-state index is 12.8. The fraction of sp³-hybridized carbons (Fsp3) is 0. The van der Waals surface area contributed by atoms with Crippen LogP contribution in [-0.2, 0) is 4.79 Å². The molecule has 0 radical (unpaired) electrons. The third-order valence-corrected chi connectivity index (χ3v) is 3.48. The highest BCUT2D eigenvalue weighted by atomic mass is 35.5. The Morgan fingerprint density at radius 3 is 2.48 bits per heavy atom. The SMILES string of the molecule is O=C(/C=C/c1ccc(Cl)cc1Cl)NC(=S)Nc1ccc(F)cc1. The van der Waals surface area contributed by atoms with E-state index in [-0.39, 0.29) is 10.9 Å². The quantitative estimate of drug-likeness (QED) is 0.611. The Kier molecular flexibility index (Phi) is 6.10. The van der Waals surface area contributed by atoms with Gasteiger partial charge in [-0.1, -0.05) is 29.3 Å². The normalized spacial score (nSPS) is 10.6. The minimum absolute atomic E-state index is 0.105. The zero-order chi connectivity index (χ0) is 16.8. The molecule has 118 valence electrons. The van der Waals surface area contributed by atoms with Crippen LogP contribution in [0.25, 0.3) is 6.08 Å². The lowest BCUT2D eigenvalue weighted by Crippen LogP contribution is -2.32. The molecule has 0 aromatic heterocycles. The summed E-state index contributed by atoms with van der Waals surface area (Å²) in [5.74, 6) is -0.774. The van der Waals surface area contributed by atoms with Crippen molar-refractivity contribution in [2.75, 3.05) is 5.32 Å². The summed E-state index contributed by atoms with van der Waals surface area (Å²) in [5.41, 5.74) is 1.23. The summed E-state index contributed by atoms with van der Waals surface area (Å²) in [6.07, 6.45) is 2.85. The Hall–Kier alpha value is -1.95. The maximum atomic E-state index is 12.8. The Balaban J connectivity index is 1.92. The molecule has 0 spiro atoms. The predicted molar refractivity (Wildman–Crippen MR) is 96.3 cm³/mol. The fourth-order valence-electron chi connectivity index (χ4n) is 1.65. The van der Waals surface area contributed by atoms with E-state index in [4.69, 9.17) is 35.4 Å². The van der Waals surface area contributed by atoms with Crippen molar-refractivity contribution >= 4 is 58.2 Å². The van der Waals surface area contributed by atoms with Crippen LogP contribution < -0.4 is 10.6 Å². The van der Waals surface area contributed by atoms with Gasteiger partial charge in [0.05, 0.1) is 0 Å². The molecule has 0 unspecified atom stereocenters. The van der Waals surface area contributed by atoms with E-state index in [1.54, 1.807) is 24.3 Å². The monoisotopic (exact) mass is 368 g/mol. The molecular formula is C16H11Cl2FN2OS. The largest absolute Gasteiger partial charge is 0.332 e.